The van der Waals surface area contributed by atoms with Gasteiger partial charge in [-0.15, -0.1) is 0 Å². The van der Waals surface area contributed by atoms with Gasteiger partial charge in [0, 0.05) is 13.6 Å². The summed E-state index contributed by atoms with van der Waals surface area (Å²) >= 11 is 0. The van der Waals surface area contributed by atoms with Gasteiger partial charge in [-0.25, -0.2) is 0 Å². The number of hydrogen-bond acceptors (Lipinski definition) is 5. The SMILES string of the molecule is CC(C)CNC(=O)C1CC(c2ccc3c(c2)OCO3)NS(=O)(=O)N1C. The van der Waals surface area contributed by atoms with E-state index in [4.69, 9.17) is 9.47 Å². The van der Waals surface area contributed by atoms with Crippen LogP contribution in [-0.2, 0) is 15.0 Å². The molecule has 2 N–H and O–H groups in total. The molecule has 1 amide bonds. The topological polar surface area (TPSA) is 97.0 Å². The van der Waals surface area contributed by atoms with Crippen molar-refractivity contribution in [2.75, 3.05) is 20.4 Å². The maximum Gasteiger partial charge on any atom is 0.280 e. The summed E-state index contributed by atoms with van der Waals surface area (Å²) in [7, 11) is -2.34. The van der Waals surface area contributed by atoms with E-state index < -0.39 is 22.3 Å². The van der Waals surface area contributed by atoms with Gasteiger partial charge in [-0.2, -0.15) is 17.4 Å². The van der Waals surface area contributed by atoms with Gasteiger partial charge in [-0.1, -0.05) is 19.9 Å². The van der Waals surface area contributed by atoms with Crippen LogP contribution in [0.2, 0.25) is 0 Å². The number of nitrogens with zero attached hydrogens (tertiary/aromatic N) is 1. The van der Waals surface area contributed by atoms with Gasteiger partial charge in [0.1, 0.15) is 6.04 Å². The highest BCUT2D eigenvalue weighted by atomic mass is 32.2. The molecule has 2 heterocycles. The molecule has 0 aliphatic carbocycles. The molecule has 0 saturated carbocycles. The molecule has 8 nitrogen and oxygen atoms in total. The van der Waals surface area contributed by atoms with Crippen LogP contribution < -0.4 is 19.5 Å². The third-order valence-electron chi connectivity index (χ3n) is 4.35. The molecule has 25 heavy (non-hydrogen) atoms. The molecule has 0 aromatic heterocycles. The third-order valence-corrected chi connectivity index (χ3v) is 5.95. The maximum absolute atomic E-state index is 12.5. The molecule has 3 rings (SSSR count). The van der Waals surface area contributed by atoms with Gasteiger partial charge in [-0.05, 0) is 30.0 Å². The fourth-order valence-electron chi connectivity index (χ4n) is 2.88. The summed E-state index contributed by atoms with van der Waals surface area (Å²) < 4.78 is 39.2. The second-order valence-corrected chi connectivity index (χ2v) is 8.46. The highest BCUT2D eigenvalue weighted by Gasteiger charge is 2.40. The number of amides is 1. The minimum absolute atomic E-state index is 0.151. The second kappa shape index (κ2) is 6.81. The molecule has 9 heteroatoms. The number of rotatable bonds is 4. The van der Waals surface area contributed by atoms with Crippen molar-refractivity contribution in [3.05, 3.63) is 23.8 Å². The molecule has 1 saturated heterocycles. The van der Waals surface area contributed by atoms with Gasteiger partial charge < -0.3 is 14.8 Å². The summed E-state index contributed by atoms with van der Waals surface area (Å²) in [5.74, 6) is 1.21. The minimum atomic E-state index is -3.76. The Morgan fingerprint density at radius 1 is 1.36 bits per heavy atom. The Bertz CT molecular complexity index is 765. The van der Waals surface area contributed by atoms with Crippen LogP contribution in [0.3, 0.4) is 0 Å². The summed E-state index contributed by atoms with van der Waals surface area (Å²) in [6.07, 6.45) is 0.333. The lowest BCUT2D eigenvalue weighted by Crippen LogP contribution is -2.57. The first-order chi connectivity index (χ1) is 11.8. The summed E-state index contributed by atoms with van der Waals surface area (Å²) in [5.41, 5.74) is 0.739. The van der Waals surface area contributed by atoms with Gasteiger partial charge in [0.15, 0.2) is 11.5 Å². The molecule has 2 aliphatic heterocycles. The first-order valence-corrected chi connectivity index (χ1v) is 9.64. The second-order valence-electron chi connectivity index (χ2n) is 6.69. The largest absolute Gasteiger partial charge is 0.454 e. The van der Waals surface area contributed by atoms with Crippen LogP contribution in [0.15, 0.2) is 18.2 Å². The Morgan fingerprint density at radius 2 is 2.08 bits per heavy atom. The standard InChI is InChI=1S/C16H23N3O5S/c1-10(2)8-17-16(20)13-7-12(18-25(21,22)19(13)3)11-4-5-14-15(6-11)24-9-23-14/h4-6,10,12-13,18H,7-9H2,1-3H3,(H,17,20). The van der Waals surface area contributed by atoms with Crippen LogP contribution >= 0.6 is 0 Å². The zero-order valence-electron chi connectivity index (χ0n) is 14.5. The van der Waals surface area contributed by atoms with Gasteiger partial charge in [0.05, 0.1) is 6.04 Å². The van der Waals surface area contributed by atoms with Crippen molar-refractivity contribution in [2.24, 2.45) is 5.92 Å². The molecule has 1 aromatic rings. The van der Waals surface area contributed by atoms with Gasteiger partial charge in [0.25, 0.3) is 10.2 Å². The van der Waals surface area contributed by atoms with E-state index in [2.05, 4.69) is 10.0 Å². The lowest BCUT2D eigenvalue weighted by Gasteiger charge is -2.36. The maximum atomic E-state index is 12.5. The quantitative estimate of drug-likeness (QED) is 0.817. The Balaban J connectivity index is 1.82. The zero-order valence-corrected chi connectivity index (χ0v) is 15.3. The van der Waals surface area contributed by atoms with Gasteiger partial charge in [0.2, 0.25) is 12.7 Å². The van der Waals surface area contributed by atoms with E-state index in [0.717, 1.165) is 9.87 Å². The Kier molecular flexibility index (Phi) is 4.90. The van der Waals surface area contributed by atoms with Gasteiger partial charge >= 0.3 is 0 Å². The monoisotopic (exact) mass is 369 g/mol. The highest BCUT2D eigenvalue weighted by molar-refractivity contribution is 7.87. The number of fused-ring (bicyclic) bond motifs is 1. The van der Waals surface area contributed by atoms with Crippen molar-refractivity contribution in [3.8, 4) is 11.5 Å². The first-order valence-electron chi connectivity index (χ1n) is 8.20. The van der Waals surface area contributed by atoms with Crippen LogP contribution in [0.4, 0.5) is 0 Å². The van der Waals surface area contributed by atoms with E-state index in [9.17, 15) is 13.2 Å². The van der Waals surface area contributed by atoms with E-state index in [1.165, 1.54) is 7.05 Å². The molecule has 2 atom stereocenters. The number of nitrogens with one attached hydrogen (secondary N) is 2. The third kappa shape index (κ3) is 3.73. The summed E-state index contributed by atoms with van der Waals surface area (Å²) in [6, 6.07) is 4.02. The van der Waals surface area contributed by atoms with E-state index in [1.54, 1.807) is 18.2 Å². The normalized spacial score (nSPS) is 25.1. The van der Waals surface area contributed by atoms with E-state index in [0.29, 0.717) is 24.5 Å². The van der Waals surface area contributed by atoms with Crippen LogP contribution in [0.25, 0.3) is 0 Å². The number of carbonyl (C=O) groups is 1. The Morgan fingerprint density at radius 3 is 2.80 bits per heavy atom. The van der Waals surface area contributed by atoms with Crippen molar-refractivity contribution in [3.63, 3.8) is 0 Å². The van der Waals surface area contributed by atoms with Crippen LogP contribution in [0.1, 0.15) is 31.9 Å². The molecule has 2 aliphatic rings. The van der Waals surface area contributed by atoms with E-state index in [-0.39, 0.29) is 18.6 Å². The molecule has 0 bridgehead atoms. The molecular weight excluding hydrogens is 346 g/mol. The minimum Gasteiger partial charge on any atom is -0.454 e. The summed E-state index contributed by atoms with van der Waals surface area (Å²) in [6.45, 7) is 4.63. The molecule has 1 aromatic carbocycles. The molecular formula is C16H23N3O5S. The Hall–Kier alpha value is -1.84. The number of benzene rings is 1. The van der Waals surface area contributed by atoms with Crippen molar-refractivity contribution in [2.45, 2.75) is 32.4 Å². The van der Waals surface area contributed by atoms with Crippen LogP contribution in [0.5, 0.6) is 11.5 Å². The fraction of sp³-hybridized carbons (Fsp3) is 0.562. The van der Waals surface area contributed by atoms with Gasteiger partial charge in [-0.3, -0.25) is 4.79 Å². The number of likely N-dealkylation sites (N-methyl/N-ethyl adjacent to an activating group) is 1. The summed E-state index contributed by atoms with van der Waals surface area (Å²) in [4.78, 5) is 12.5. The summed E-state index contributed by atoms with van der Waals surface area (Å²) in [5, 5.41) is 2.82. The van der Waals surface area contributed by atoms with E-state index >= 15 is 0 Å². The Labute approximate surface area is 147 Å². The van der Waals surface area contributed by atoms with Crippen LogP contribution in [0, 0.1) is 5.92 Å². The number of ether oxygens (including phenoxy) is 2. The van der Waals surface area contributed by atoms with E-state index in [1.807, 2.05) is 13.8 Å². The lowest BCUT2D eigenvalue weighted by molar-refractivity contribution is -0.125. The predicted octanol–water partition coefficient (Wildman–Crippen LogP) is 0.767. The molecule has 2 unspecified atom stereocenters. The average molecular weight is 369 g/mol. The van der Waals surface area contributed by atoms with Crippen molar-refractivity contribution in [1.29, 1.82) is 0 Å². The molecule has 1 fully saturated rings. The first kappa shape index (κ1) is 18.0. The average Bonchev–Trinajstić information content (AvgIpc) is 3.02. The fourth-order valence-corrected chi connectivity index (χ4v) is 4.15. The van der Waals surface area contributed by atoms with Crippen LogP contribution in [-0.4, -0.2) is 45.1 Å². The number of hydrogen-bond donors (Lipinski definition) is 2. The molecule has 138 valence electrons. The number of carbonyl (C=O) groups excluding carboxylic acids is 1. The zero-order chi connectivity index (χ0) is 18.2. The predicted molar refractivity (Wildman–Crippen MR) is 91.4 cm³/mol. The highest BCUT2D eigenvalue weighted by Crippen LogP contribution is 2.36. The molecule has 0 radical (unpaired) electrons. The lowest BCUT2D eigenvalue weighted by atomic mass is 9.99. The van der Waals surface area contributed by atoms with Crippen molar-refractivity contribution in [1.82, 2.24) is 14.3 Å². The molecule has 0 spiro atoms. The smallest absolute Gasteiger partial charge is 0.280 e. The van der Waals surface area contributed by atoms with Crippen molar-refractivity contribution < 1.29 is 22.7 Å². The van der Waals surface area contributed by atoms with Crippen molar-refractivity contribution >= 4 is 16.1 Å².